The van der Waals surface area contributed by atoms with E-state index >= 15 is 0 Å². The van der Waals surface area contributed by atoms with Crippen LogP contribution in [0.2, 0.25) is 10.0 Å². The van der Waals surface area contributed by atoms with Crippen LogP contribution in [-0.4, -0.2) is 41.5 Å². The summed E-state index contributed by atoms with van der Waals surface area (Å²) in [5.41, 5.74) is 0.477. The molecule has 0 bridgehead atoms. The number of hydrogen-bond donors (Lipinski definition) is 1. The van der Waals surface area contributed by atoms with Crippen molar-refractivity contribution in [3.8, 4) is 0 Å². The van der Waals surface area contributed by atoms with Gasteiger partial charge in [0.25, 0.3) is 0 Å². The molecule has 0 saturated heterocycles. The first-order chi connectivity index (χ1) is 9.47. The maximum Gasteiger partial charge on any atom is 0.165 e. The molecule has 20 heavy (non-hydrogen) atoms. The summed E-state index contributed by atoms with van der Waals surface area (Å²) in [7, 11) is 0. The zero-order valence-corrected chi connectivity index (χ0v) is 13.4. The molecule has 0 aliphatic carbocycles. The molecule has 1 rings (SSSR count). The van der Waals surface area contributed by atoms with Crippen LogP contribution in [0.4, 0.5) is 0 Å². The Morgan fingerprint density at radius 1 is 1.30 bits per heavy atom. The fourth-order valence-corrected chi connectivity index (χ4v) is 2.41. The molecule has 1 aromatic rings. The Hall–Kier alpha value is -0.610. The first-order valence-electron chi connectivity index (χ1n) is 6.79. The molecular weight excluding hydrogens is 297 g/mol. The highest BCUT2D eigenvalue weighted by Crippen LogP contribution is 2.26. The number of rotatable bonds is 8. The molecule has 0 aliphatic heterocycles. The van der Waals surface area contributed by atoms with Gasteiger partial charge in [0.2, 0.25) is 0 Å². The van der Waals surface area contributed by atoms with E-state index in [1.807, 2.05) is 0 Å². The van der Waals surface area contributed by atoms with Crippen molar-refractivity contribution in [3.63, 3.8) is 0 Å². The first kappa shape index (κ1) is 17.4. The van der Waals surface area contributed by atoms with Crippen molar-refractivity contribution in [1.82, 2.24) is 4.90 Å². The summed E-state index contributed by atoms with van der Waals surface area (Å²) in [4.78, 5) is 14.4. The van der Waals surface area contributed by atoms with Crippen molar-refractivity contribution in [1.29, 1.82) is 0 Å². The maximum atomic E-state index is 12.2. The van der Waals surface area contributed by atoms with Crippen LogP contribution in [0.25, 0.3) is 0 Å². The van der Waals surface area contributed by atoms with Gasteiger partial charge in [0.1, 0.15) is 0 Å². The van der Waals surface area contributed by atoms with Gasteiger partial charge >= 0.3 is 0 Å². The van der Waals surface area contributed by atoms with Crippen molar-refractivity contribution >= 4 is 29.0 Å². The molecular formula is C15H21Cl2NO2. The van der Waals surface area contributed by atoms with E-state index in [2.05, 4.69) is 18.7 Å². The van der Waals surface area contributed by atoms with Crippen LogP contribution < -0.4 is 0 Å². The molecule has 0 spiro atoms. The minimum absolute atomic E-state index is 0.00727. The summed E-state index contributed by atoms with van der Waals surface area (Å²) in [6, 6.07) is 5.43. The highest BCUT2D eigenvalue weighted by atomic mass is 35.5. The van der Waals surface area contributed by atoms with Crippen molar-refractivity contribution in [2.24, 2.45) is 0 Å². The quantitative estimate of drug-likeness (QED) is 0.744. The number of ketones is 1. The molecule has 0 fully saturated rings. The van der Waals surface area contributed by atoms with Crippen LogP contribution in [0.1, 0.15) is 37.0 Å². The highest BCUT2D eigenvalue weighted by molar-refractivity contribution is 6.43. The van der Waals surface area contributed by atoms with Gasteiger partial charge in [0.05, 0.1) is 10.0 Å². The number of halogens is 2. The Bertz CT molecular complexity index is 449. The van der Waals surface area contributed by atoms with Crippen molar-refractivity contribution in [3.05, 3.63) is 33.8 Å². The molecule has 0 heterocycles. The minimum atomic E-state index is -0.00727. The number of benzene rings is 1. The average molecular weight is 318 g/mol. The molecule has 1 N–H and O–H groups in total. The number of nitrogens with zero attached hydrogens (tertiary/aromatic N) is 1. The topological polar surface area (TPSA) is 40.5 Å². The second kappa shape index (κ2) is 8.63. The standard InChI is InChI=1S/C15H21Cl2NO2/c1-11(2)18(8-4-10-19)9-7-14(20)12-5-3-6-13(16)15(12)17/h3,5-6,11,19H,4,7-10H2,1-2H3. The van der Waals surface area contributed by atoms with Gasteiger partial charge in [0, 0.05) is 37.7 Å². The molecule has 0 radical (unpaired) electrons. The molecule has 5 heteroatoms. The van der Waals surface area contributed by atoms with Crippen LogP contribution in [0.15, 0.2) is 18.2 Å². The summed E-state index contributed by atoms with van der Waals surface area (Å²) in [6.45, 7) is 5.75. The molecule has 0 aromatic heterocycles. The van der Waals surface area contributed by atoms with E-state index in [4.69, 9.17) is 28.3 Å². The molecule has 1 aromatic carbocycles. The zero-order chi connectivity index (χ0) is 15.1. The number of aliphatic hydroxyl groups excluding tert-OH is 1. The lowest BCUT2D eigenvalue weighted by molar-refractivity contribution is 0.0953. The Kier molecular flexibility index (Phi) is 7.52. The van der Waals surface area contributed by atoms with E-state index in [0.29, 0.717) is 41.0 Å². The Balaban J connectivity index is 2.63. The maximum absolute atomic E-state index is 12.2. The Morgan fingerprint density at radius 2 is 2.00 bits per heavy atom. The predicted molar refractivity (Wildman–Crippen MR) is 83.8 cm³/mol. The van der Waals surface area contributed by atoms with Crippen LogP contribution >= 0.6 is 23.2 Å². The lowest BCUT2D eigenvalue weighted by atomic mass is 10.1. The molecule has 112 valence electrons. The van der Waals surface area contributed by atoms with Gasteiger partial charge in [-0.25, -0.2) is 0 Å². The summed E-state index contributed by atoms with van der Waals surface area (Å²) >= 11 is 12.0. The average Bonchev–Trinajstić information content (AvgIpc) is 2.41. The highest BCUT2D eigenvalue weighted by Gasteiger charge is 2.15. The Labute approximate surface area is 130 Å². The number of carbonyl (C=O) groups is 1. The second-order valence-electron chi connectivity index (χ2n) is 4.98. The lowest BCUT2D eigenvalue weighted by Crippen LogP contribution is -2.34. The molecule has 0 saturated carbocycles. The summed E-state index contributed by atoms with van der Waals surface area (Å²) < 4.78 is 0. The number of hydrogen-bond acceptors (Lipinski definition) is 3. The SMILES string of the molecule is CC(C)N(CCCO)CCC(=O)c1cccc(Cl)c1Cl. The van der Waals surface area contributed by atoms with Crippen LogP contribution in [0.3, 0.4) is 0 Å². The monoisotopic (exact) mass is 317 g/mol. The van der Waals surface area contributed by atoms with E-state index in [9.17, 15) is 4.79 Å². The van der Waals surface area contributed by atoms with Crippen molar-refractivity contribution < 1.29 is 9.90 Å². The van der Waals surface area contributed by atoms with E-state index in [1.165, 1.54) is 0 Å². The van der Waals surface area contributed by atoms with Gasteiger partial charge < -0.3 is 10.0 Å². The van der Waals surface area contributed by atoms with Crippen LogP contribution in [0, 0.1) is 0 Å². The van der Waals surface area contributed by atoms with Gasteiger partial charge in [-0.05, 0) is 32.4 Å². The van der Waals surface area contributed by atoms with Gasteiger partial charge in [-0.3, -0.25) is 4.79 Å². The predicted octanol–water partition coefficient (Wildman–Crippen LogP) is 3.66. The molecule has 0 aliphatic rings. The zero-order valence-electron chi connectivity index (χ0n) is 11.9. The minimum Gasteiger partial charge on any atom is -0.396 e. The van der Waals surface area contributed by atoms with E-state index in [1.54, 1.807) is 18.2 Å². The fraction of sp³-hybridized carbons (Fsp3) is 0.533. The fourth-order valence-electron chi connectivity index (χ4n) is 2.00. The van der Waals surface area contributed by atoms with Crippen LogP contribution in [0.5, 0.6) is 0 Å². The summed E-state index contributed by atoms with van der Waals surface area (Å²) in [5, 5.41) is 9.62. The summed E-state index contributed by atoms with van der Waals surface area (Å²) in [5.74, 6) is -0.00727. The van der Waals surface area contributed by atoms with E-state index in [0.717, 1.165) is 6.54 Å². The second-order valence-corrected chi connectivity index (χ2v) is 5.77. The van der Waals surface area contributed by atoms with Crippen molar-refractivity contribution in [2.45, 2.75) is 32.7 Å². The van der Waals surface area contributed by atoms with Crippen molar-refractivity contribution in [2.75, 3.05) is 19.7 Å². The third-order valence-electron chi connectivity index (χ3n) is 3.21. The third-order valence-corrected chi connectivity index (χ3v) is 4.03. The van der Waals surface area contributed by atoms with Gasteiger partial charge in [-0.15, -0.1) is 0 Å². The molecule has 0 atom stereocenters. The van der Waals surface area contributed by atoms with Crippen LogP contribution in [-0.2, 0) is 0 Å². The van der Waals surface area contributed by atoms with Gasteiger partial charge in [-0.2, -0.15) is 0 Å². The Morgan fingerprint density at radius 3 is 2.60 bits per heavy atom. The van der Waals surface area contributed by atoms with E-state index in [-0.39, 0.29) is 12.4 Å². The van der Waals surface area contributed by atoms with E-state index < -0.39 is 0 Å². The molecule has 0 amide bonds. The largest absolute Gasteiger partial charge is 0.396 e. The smallest absolute Gasteiger partial charge is 0.165 e. The number of carbonyl (C=O) groups excluding carboxylic acids is 1. The first-order valence-corrected chi connectivity index (χ1v) is 7.55. The number of aliphatic hydroxyl groups is 1. The number of Topliss-reactive ketones (excluding diaryl/α,β-unsaturated/α-hetero) is 1. The third kappa shape index (κ3) is 5.06. The lowest BCUT2D eigenvalue weighted by Gasteiger charge is -2.25. The molecule has 0 unspecified atom stereocenters. The summed E-state index contributed by atoms with van der Waals surface area (Å²) in [6.07, 6.45) is 1.11. The van der Waals surface area contributed by atoms with Gasteiger partial charge in [0.15, 0.2) is 5.78 Å². The molecule has 3 nitrogen and oxygen atoms in total. The normalized spacial score (nSPS) is 11.3. The van der Waals surface area contributed by atoms with Gasteiger partial charge in [-0.1, -0.05) is 29.3 Å².